The van der Waals surface area contributed by atoms with E-state index in [0.717, 1.165) is 50.6 Å². The molecule has 0 aromatic heterocycles. The lowest BCUT2D eigenvalue weighted by Crippen LogP contribution is -2.25. The third-order valence-corrected chi connectivity index (χ3v) is 9.68. The molecule has 0 spiro atoms. The van der Waals surface area contributed by atoms with E-state index in [0.29, 0.717) is 0 Å². The maximum atomic E-state index is 14.9. The number of halogens is 12. The lowest BCUT2D eigenvalue weighted by atomic mass is 9.98. The first-order chi connectivity index (χ1) is 22.5. The normalized spacial score (nSPS) is 14.3. The molecule has 264 valence electrons. The minimum atomic E-state index is -5.55. The molecular formula is C32H22F12O4S. The Morgan fingerprint density at radius 2 is 0.735 bits per heavy atom. The Morgan fingerprint density at radius 3 is 0.980 bits per heavy atom. The predicted octanol–water partition coefficient (Wildman–Crippen LogP) is 10.1. The van der Waals surface area contributed by atoms with Crippen molar-refractivity contribution in [3.8, 4) is 11.5 Å². The minimum Gasteiger partial charge on any atom is -0.497 e. The number of methoxy groups -OCH3 is 2. The second-order valence-electron chi connectivity index (χ2n) is 10.6. The van der Waals surface area contributed by atoms with Crippen molar-refractivity contribution in [2.24, 2.45) is 0 Å². The zero-order valence-electron chi connectivity index (χ0n) is 24.8. The summed E-state index contributed by atoms with van der Waals surface area (Å²) in [4.78, 5) is 0. The summed E-state index contributed by atoms with van der Waals surface area (Å²) in [6, 6.07) is 8.62. The van der Waals surface area contributed by atoms with Gasteiger partial charge in [-0.3, -0.25) is 0 Å². The Balaban J connectivity index is 2.19. The van der Waals surface area contributed by atoms with Gasteiger partial charge in [0.05, 0.1) is 36.5 Å². The van der Waals surface area contributed by atoms with Gasteiger partial charge in [0.1, 0.15) is 22.0 Å². The van der Waals surface area contributed by atoms with Gasteiger partial charge in [0, 0.05) is 0 Å². The van der Waals surface area contributed by atoms with Gasteiger partial charge in [-0.25, -0.2) is 8.42 Å². The van der Waals surface area contributed by atoms with Gasteiger partial charge in [-0.2, -0.15) is 52.7 Å². The van der Waals surface area contributed by atoms with Crippen molar-refractivity contribution in [1.29, 1.82) is 0 Å². The highest BCUT2D eigenvalue weighted by molar-refractivity contribution is 7.92. The second kappa shape index (κ2) is 13.1. The Hall–Kier alpha value is -4.41. The number of hydrogen-bond donors (Lipinski definition) is 0. The molecule has 0 radical (unpaired) electrons. The van der Waals surface area contributed by atoms with Crippen molar-refractivity contribution in [1.82, 2.24) is 0 Å². The van der Waals surface area contributed by atoms with Crippen molar-refractivity contribution < 1.29 is 70.6 Å². The summed E-state index contributed by atoms with van der Waals surface area (Å²) in [7, 11) is -3.34. The molecule has 0 saturated heterocycles. The standard InChI is InChI=1S/C32H22F12O4S/c1-47-25-7-3-5-17(13-25)27(19-9-21(29(33,34)35)15-22(10-19)30(36,37)38)49(45,46)28(18-6-4-8-26(14-18)48-2)20-11-23(31(39,40)41)16-24(12-20)32(42,43)44/h3-16,27-28H,1-2H3. The van der Waals surface area contributed by atoms with Gasteiger partial charge in [0.25, 0.3) is 0 Å². The molecule has 0 amide bonds. The number of benzene rings is 4. The van der Waals surface area contributed by atoms with Crippen LogP contribution in [0.3, 0.4) is 0 Å². The lowest BCUT2D eigenvalue weighted by molar-refractivity contribution is -0.144. The van der Waals surface area contributed by atoms with Gasteiger partial charge in [0.15, 0.2) is 9.84 Å². The van der Waals surface area contributed by atoms with Crippen molar-refractivity contribution in [3.63, 3.8) is 0 Å². The highest BCUT2D eigenvalue weighted by Crippen LogP contribution is 2.48. The minimum absolute atomic E-state index is 0.118. The summed E-state index contributed by atoms with van der Waals surface area (Å²) in [5, 5.41) is -5.10. The molecule has 2 unspecified atom stereocenters. The molecule has 4 aromatic rings. The summed E-state index contributed by atoms with van der Waals surface area (Å²) in [5.41, 5.74) is -11.0. The Bertz CT molecular complexity index is 1730. The van der Waals surface area contributed by atoms with Crippen LogP contribution in [-0.2, 0) is 34.5 Å². The largest absolute Gasteiger partial charge is 0.497 e. The molecule has 0 aliphatic carbocycles. The summed E-state index contributed by atoms with van der Waals surface area (Å²) in [5.74, 6) is -0.255. The van der Waals surface area contributed by atoms with E-state index in [2.05, 4.69) is 0 Å². The van der Waals surface area contributed by atoms with Crippen LogP contribution in [0.4, 0.5) is 52.7 Å². The average molecular weight is 731 g/mol. The Morgan fingerprint density at radius 1 is 0.449 bits per heavy atom. The molecule has 0 aliphatic rings. The van der Waals surface area contributed by atoms with Crippen molar-refractivity contribution in [2.45, 2.75) is 35.2 Å². The topological polar surface area (TPSA) is 52.6 Å². The van der Waals surface area contributed by atoms with Gasteiger partial charge >= 0.3 is 24.7 Å². The fourth-order valence-electron chi connectivity index (χ4n) is 5.15. The van der Waals surface area contributed by atoms with Crippen LogP contribution in [0.1, 0.15) is 55.0 Å². The third kappa shape index (κ3) is 8.25. The van der Waals surface area contributed by atoms with Crippen molar-refractivity contribution >= 4 is 9.84 Å². The predicted molar refractivity (Wildman–Crippen MR) is 151 cm³/mol. The zero-order valence-corrected chi connectivity index (χ0v) is 25.6. The lowest BCUT2D eigenvalue weighted by Gasteiger charge is -2.28. The van der Waals surface area contributed by atoms with Gasteiger partial charge in [0.2, 0.25) is 0 Å². The van der Waals surface area contributed by atoms with Crippen LogP contribution in [0, 0.1) is 0 Å². The number of hydrogen-bond acceptors (Lipinski definition) is 4. The van der Waals surface area contributed by atoms with E-state index >= 15 is 0 Å². The number of ether oxygens (including phenoxy) is 2. The summed E-state index contributed by atoms with van der Waals surface area (Å²) >= 11 is 0. The van der Waals surface area contributed by atoms with Crippen LogP contribution in [-0.4, -0.2) is 22.6 Å². The third-order valence-electron chi connectivity index (χ3n) is 7.28. The number of sulfone groups is 1. The van der Waals surface area contributed by atoms with Crippen LogP contribution in [0.2, 0.25) is 0 Å². The van der Waals surface area contributed by atoms with E-state index in [1.165, 1.54) is 12.1 Å². The van der Waals surface area contributed by atoms with Crippen LogP contribution < -0.4 is 9.47 Å². The van der Waals surface area contributed by atoms with E-state index in [1.807, 2.05) is 0 Å². The van der Waals surface area contributed by atoms with E-state index < -0.39 is 89.5 Å². The fourth-order valence-corrected chi connectivity index (χ4v) is 7.50. The van der Waals surface area contributed by atoms with Crippen LogP contribution in [0.5, 0.6) is 11.5 Å². The molecule has 0 fully saturated rings. The molecule has 0 bridgehead atoms. The molecule has 0 heterocycles. The summed E-state index contributed by atoms with van der Waals surface area (Å²) in [6.07, 6.45) is -21.8. The van der Waals surface area contributed by atoms with Gasteiger partial charge in [-0.1, -0.05) is 24.3 Å². The number of alkyl halides is 12. The van der Waals surface area contributed by atoms with Crippen LogP contribution >= 0.6 is 0 Å². The summed E-state index contributed by atoms with van der Waals surface area (Å²) < 4.78 is 207. The molecule has 0 saturated carbocycles. The van der Waals surface area contributed by atoms with Crippen LogP contribution in [0.15, 0.2) is 84.9 Å². The highest BCUT2D eigenvalue weighted by Gasteiger charge is 2.45. The van der Waals surface area contributed by atoms with Crippen molar-refractivity contribution in [2.75, 3.05) is 14.2 Å². The van der Waals surface area contributed by atoms with E-state index in [4.69, 9.17) is 9.47 Å². The van der Waals surface area contributed by atoms with E-state index in [1.54, 1.807) is 0 Å². The molecule has 0 N–H and O–H groups in total. The van der Waals surface area contributed by atoms with Gasteiger partial charge in [-0.05, 0) is 82.9 Å². The van der Waals surface area contributed by atoms with Gasteiger partial charge < -0.3 is 9.47 Å². The quantitative estimate of drug-likeness (QED) is 0.170. The maximum absolute atomic E-state index is 14.9. The monoisotopic (exact) mass is 730 g/mol. The smallest absolute Gasteiger partial charge is 0.416 e. The average Bonchev–Trinajstić information content (AvgIpc) is 2.99. The SMILES string of the molecule is COc1cccc(C(c2cc(C(F)(F)F)cc(C(F)(F)F)c2)S(=O)(=O)C(c2cccc(OC)c2)c2cc(C(F)(F)F)cc(C(F)(F)F)c2)c1. The first-order valence-electron chi connectivity index (χ1n) is 13.6. The molecule has 2 atom stereocenters. The van der Waals surface area contributed by atoms with E-state index in [9.17, 15) is 61.1 Å². The molecule has 4 rings (SSSR count). The first-order valence-corrected chi connectivity index (χ1v) is 15.2. The fraction of sp³-hybridized carbons (Fsp3) is 0.250. The Kier molecular flexibility index (Phi) is 10.0. The first kappa shape index (κ1) is 37.4. The molecule has 4 aromatic carbocycles. The highest BCUT2D eigenvalue weighted by atomic mass is 32.2. The molecule has 0 aliphatic heterocycles. The number of rotatable bonds is 8. The maximum Gasteiger partial charge on any atom is 0.416 e. The molecule has 4 nitrogen and oxygen atoms in total. The summed E-state index contributed by atoms with van der Waals surface area (Å²) in [6.45, 7) is 0. The second-order valence-corrected chi connectivity index (χ2v) is 12.7. The van der Waals surface area contributed by atoms with E-state index in [-0.39, 0.29) is 47.9 Å². The molecule has 17 heteroatoms. The Labute approximate surface area is 270 Å². The van der Waals surface area contributed by atoms with Gasteiger partial charge in [-0.15, -0.1) is 0 Å². The zero-order chi connectivity index (χ0) is 36.7. The van der Waals surface area contributed by atoms with Crippen molar-refractivity contribution in [3.05, 3.63) is 129 Å². The van der Waals surface area contributed by atoms with Crippen LogP contribution in [0.25, 0.3) is 0 Å². The molecular weight excluding hydrogens is 708 g/mol. The molecule has 49 heavy (non-hydrogen) atoms.